The predicted molar refractivity (Wildman–Crippen MR) is 113 cm³/mol. The third-order valence-corrected chi connectivity index (χ3v) is 6.10. The highest BCUT2D eigenvalue weighted by Gasteiger charge is 2.45. The van der Waals surface area contributed by atoms with Crippen molar-refractivity contribution in [1.29, 1.82) is 0 Å². The van der Waals surface area contributed by atoms with E-state index in [2.05, 4.69) is 5.32 Å². The second kappa shape index (κ2) is 9.27. The molecule has 1 unspecified atom stereocenters. The average molecular weight is 457 g/mol. The van der Waals surface area contributed by atoms with E-state index in [0.717, 1.165) is 29.7 Å². The van der Waals surface area contributed by atoms with Crippen LogP contribution >= 0.6 is 12.4 Å². The van der Waals surface area contributed by atoms with Gasteiger partial charge in [-0.3, -0.25) is 15.0 Å². The number of hydrogen-bond donors (Lipinski definition) is 1. The molecule has 2 aromatic rings. The van der Waals surface area contributed by atoms with Crippen molar-refractivity contribution in [2.45, 2.75) is 37.1 Å². The number of alkyl halides is 4. The first kappa shape index (κ1) is 23.7. The molecular weight excluding hydrogens is 432 g/mol. The lowest BCUT2D eigenvalue weighted by Gasteiger charge is -2.41. The highest BCUT2D eigenvalue weighted by atomic mass is 35.5. The van der Waals surface area contributed by atoms with Crippen LogP contribution in [0.4, 0.5) is 17.6 Å². The molecule has 168 valence electrons. The first-order chi connectivity index (χ1) is 14.3. The van der Waals surface area contributed by atoms with Crippen LogP contribution in [0.25, 0.3) is 0 Å². The number of nitrogens with one attached hydrogen (secondary N) is 1. The van der Waals surface area contributed by atoms with Crippen LogP contribution < -0.4 is 5.32 Å². The molecule has 0 amide bonds. The molecule has 0 aromatic heterocycles. The van der Waals surface area contributed by atoms with Crippen molar-refractivity contribution < 1.29 is 22.4 Å². The van der Waals surface area contributed by atoms with Gasteiger partial charge in [0.2, 0.25) is 0 Å². The summed E-state index contributed by atoms with van der Waals surface area (Å²) in [5.41, 5.74) is 0.757. The van der Waals surface area contributed by atoms with E-state index in [4.69, 9.17) is 0 Å². The molecule has 1 N–H and O–H groups in total. The molecule has 2 atom stereocenters. The quantitative estimate of drug-likeness (QED) is 0.680. The monoisotopic (exact) mass is 456 g/mol. The third-order valence-electron chi connectivity index (χ3n) is 6.10. The zero-order valence-corrected chi connectivity index (χ0v) is 17.7. The highest BCUT2D eigenvalue weighted by molar-refractivity contribution is 5.92. The Morgan fingerprint density at radius 3 is 2.48 bits per heavy atom. The number of carbonyl (C=O) groups excluding carboxylic acids is 1. The molecule has 0 saturated carbocycles. The number of hydrogen-bond acceptors (Lipinski definition) is 3. The van der Waals surface area contributed by atoms with E-state index in [0.29, 0.717) is 38.2 Å². The molecule has 0 spiro atoms. The van der Waals surface area contributed by atoms with Gasteiger partial charge < -0.3 is 0 Å². The number of benzene rings is 2. The van der Waals surface area contributed by atoms with Crippen molar-refractivity contribution in [3.05, 3.63) is 70.8 Å². The molecular formula is C23H25ClF4N2O. The van der Waals surface area contributed by atoms with Crippen LogP contribution in [0.15, 0.2) is 48.5 Å². The number of likely N-dealkylation sites (tertiary alicyclic amines) is 1. The van der Waals surface area contributed by atoms with E-state index in [-0.39, 0.29) is 24.6 Å². The van der Waals surface area contributed by atoms with E-state index in [1.165, 1.54) is 12.1 Å². The van der Waals surface area contributed by atoms with Crippen molar-refractivity contribution in [3.63, 3.8) is 0 Å². The van der Waals surface area contributed by atoms with Gasteiger partial charge in [0, 0.05) is 32.6 Å². The van der Waals surface area contributed by atoms with Crippen LogP contribution in [0.5, 0.6) is 0 Å². The van der Waals surface area contributed by atoms with Gasteiger partial charge in [-0.05, 0) is 41.7 Å². The van der Waals surface area contributed by atoms with Gasteiger partial charge in [-0.25, -0.2) is 4.39 Å². The van der Waals surface area contributed by atoms with Crippen molar-refractivity contribution in [3.8, 4) is 0 Å². The van der Waals surface area contributed by atoms with Crippen LogP contribution in [-0.4, -0.2) is 43.0 Å². The minimum Gasteiger partial charge on any atom is -0.300 e. The Morgan fingerprint density at radius 1 is 1.13 bits per heavy atom. The number of ketones is 1. The standard InChI is InChI=1S/C23H24F4N2O.ClH/c24-19-10-12-29(14-19)15-22(20-4-2-1-3-17(20)9-11-28-22)21(30)13-16-5-7-18(8-6-16)23(25,26)27;/h1-8,19,28H,9-15H2;1H/t19-,22?;/m0./s1. The lowest BCUT2D eigenvalue weighted by atomic mass is 9.77. The zero-order chi connectivity index (χ0) is 21.4. The molecule has 1 saturated heterocycles. The zero-order valence-electron chi connectivity index (χ0n) is 16.9. The van der Waals surface area contributed by atoms with Gasteiger partial charge in [0.05, 0.1) is 5.56 Å². The second-order valence-corrected chi connectivity index (χ2v) is 8.15. The molecule has 4 rings (SSSR count). The van der Waals surface area contributed by atoms with Gasteiger partial charge in [-0.2, -0.15) is 13.2 Å². The van der Waals surface area contributed by atoms with E-state index >= 15 is 0 Å². The van der Waals surface area contributed by atoms with Crippen molar-refractivity contribution in [1.82, 2.24) is 10.2 Å². The number of nitrogens with zero attached hydrogens (tertiary/aromatic N) is 1. The summed E-state index contributed by atoms with van der Waals surface area (Å²) in [5, 5.41) is 3.39. The SMILES string of the molecule is Cl.O=C(Cc1ccc(C(F)(F)F)cc1)C1(CN2CC[C@H](F)C2)NCCc2ccccc21. The molecule has 0 aliphatic carbocycles. The fraction of sp³-hybridized carbons (Fsp3) is 0.435. The number of Topliss-reactive ketones (excluding diaryl/α,β-unsaturated/α-hetero) is 1. The number of rotatable bonds is 5. The van der Waals surface area contributed by atoms with Crippen LogP contribution in [0.1, 0.15) is 28.7 Å². The second-order valence-electron chi connectivity index (χ2n) is 8.15. The molecule has 0 radical (unpaired) electrons. The Bertz CT molecular complexity index is 919. The van der Waals surface area contributed by atoms with Gasteiger partial charge in [-0.15, -0.1) is 12.4 Å². The lowest BCUT2D eigenvalue weighted by molar-refractivity contribution is -0.137. The van der Waals surface area contributed by atoms with Crippen LogP contribution in [0.3, 0.4) is 0 Å². The maximum Gasteiger partial charge on any atom is 0.416 e. The van der Waals surface area contributed by atoms with E-state index in [9.17, 15) is 22.4 Å². The Kier molecular flexibility index (Phi) is 7.08. The Morgan fingerprint density at radius 2 is 1.84 bits per heavy atom. The number of carbonyl (C=O) groups is 1. The third kappa shape index (κ3) is 4.94. The summed E-state index contributed by atoms with van der Waals surface area (Å²) < 4.78 is 52.3. The van der Waals surface area contributed by atoms with Crippen LogP contribution in [0, 0.1) is 0 Å². The van der Waals surface area contributed by atoms with Gasteiger partial charge >= 0.3 is 6.18 Å². The van der Waals surface area contributed by atoms with Crippen molar-refractivity contribution in [2.24, 2.45) is 0 Å². The number of fused-ring (bicyclic) bond motifs is 1. The summed E-state index contributed by atoms with van der Waals surface area (Å²) in [4.78, 5) is 15.6. The molecule has 2 heterocycles. The summed E-state index contributed by atoms with van der Waals surface area (Å²) in [6.45, 7) is 1.84. The largest absolute Gasteiger partial charge is 0.416 e. The molecule has 2 aliphatic heterocycles. The average Bonchev–Trinajstić information content (AvgIpc) is 3.12. The van der Waals surface area contributed by atoms with Crippen LogP contribution in [-0.2, 0) is 29.4 Å². The predicted octanol–water partition coefficient (Wildman–Crippen LogP) is 4.32. The topological polar surface area (TPSA) is 32.3 Å². The first-order valence-electron chi connectivity index (χ1n) is 10.2. The van der Waals surface area contributed by atoms with Gasteiger partial charge in [0.15, 0.2) is 5.78 Å². The molecule has 3 nitrogen and oxygen atoms in total. The highest BCUT2D eigenvalue weighted by Crippen LogP contribution is 2.34. The van der Waals surface area contributed by atoms with E-state index in [1.807, 2.05) is 29.2 Å². The molecule has 1 fully saturated rings. The summed E-state index contributed by atoms with van der Waals surface area (Å²) in [6.07, 6.45) is -4.06. The summed E-state index contributed by atoms with van der Waals surface area (Å²) >= 11 is 0. The fourth-order valence-electron chi connectivity index (χ4n) is 4.55. The maximum absolute atomic E-state index is 13.8. The van der Waals surface area contributed by atoms with E-state index in [1.54, 1.807) is 0 Å². The maximum atomic E-state index is 13.8. The molecule has 2 aliphatic rings. The minimum atomic E-state index is -4.41. The Hall–Kier alpha value is -1.96. The van der Waals surface area contributed by atoms with Crippen molar-refractivity contribution in [2.75, 3.05) is 26.2 Å². The first-order valence-corrected chi connectivity index (χ1v) is 10.2. The van der Waals surface area contributed by atoms with Crippen molar-refractivity contribution >= 4 is 18.2 Å². The molecule has 8 heteroatoms. The van der Waals surface area contributed by atoms with Gasteiger partial charge in [-0.1, -0.05) is 36.4 Å². The minimum absolute atomic E-state index is 0. The van der Waals surface area contributed by atoms with Crippen LogP contribution in [0.2, 0.25) is 0 Å². The fourth-order valence-corrected chi connectivity index (χ4v) is 4.55. The molecule has 31 heavy (non-hydrogen) atoms. The Labute approximate surface area is 185 Å². The summed E-state index contributed by atoms with van der Waals surface area (Å²) in [5.74, 6) is -0.114. The normalized spacial score (nSPS) is 23.8. The Balaban J connectivity index is 0.00000272. The molecule has 2 aromatic carbocycles. The van der Waals surface area contributed by atoms with Gasteiger partial charge in [0.1, 0.15) is 11.7 Å². The lowest BCUT2D eigenvalue weighted by Crippen LogP contribution is -2.59. The van der Waals surface area contributed by atoms with E-state index < -0.39 is 23.5 Å². The molecule has 0 bridgehead atoms. The summed E-state index contributed by atoms with van der Waals surface area (Å²) in [6, 6.07) is 12.5. The number of halogens is 5. The smallest absolute Gasteiger partial charge is 0.300 e. The van der Waals surface area contributed by atoms with Gasteiger partial charge in [0.25, 0.3) is 0 Å². The summed E-state index contributed by atoms with van der Waals surface area (Å²) in [7, 11) is 0.